The number of benzene rings is 2. The van der Waals surface area contributed by atoms with Gasteiger partial charge in [0, 0.05) is 5.92 Å². The zero-order chi connectivity index (χ0) is 13.2. The number of rotatable bonds is 3. The maximum absolute atomic E-state index is 5.31. The Labute approximate surface area is 115 Å². The highest BCUT2D eigenvalue weighted by Gasteiger charge is 2.24. The molecule has 0 bridgehead atoms. The Morgan fingerprint density at radius 1 is 1.11 bits per heavy atom. The Morgan fingerprint density at radius 2 is 1.89 bits per heavy atom. The molecule has 2 aromatic carbocycles. The van der Waals surface area contributed by atoms with Crippen LogP contribution in [-0.4, -0.2) is 7.11 Å². The molecule has 1 atom stereocenters. The quantitative estimate of drug-likeness (QED) is 0.789. The number of hydrogen-bond donors (Lipinski definition) is 0. The second-order valence-corrected chi connectivity index (χ2v) is 5.25. The molecule has 0 amide bonds. The van der Waals surface area contributed by atoms with Crippen molar-refractivity contribution >= 4 is 0 Å². The van der Waals surface area contributed by atoms with E-state index in [4.69, 9.17) is 4.74 Å². The summed E-state index contributed by atoms with van der Waals surface area (Å²) in [6.07, 6.45) is 3.49. The Kier molecular flexibility index (Phi) is 3.29. The molecule has 1 unspecified atom stereocenters. The predicted octanol–water partition coefficient (Wildman–Crippen LogP) is 4.34. The van der Waals surface area contributed by atoms with Gasteiger partial charge in [0.1, 0.15) is 5.75 Å². The summed E-state index contributed by atoms with van der Waals surface area (Å²) in [6, 6.07) is 15.6. The van der Waals surface area contributed by atoms with Crippen LogP contribution in [0.25, 0.3) is 0 Å². The SMILES string of the molecule is CCc1ccc(C2CCc3cc(OC)ccc32)cc1. The molecule has 1 aliphatic carbocycles. The van der Waals surface area contributed by atoms with E-state index in [1.54, 1.807) is 7.11 Å². The summed E-state index contributed by atoms with van der Waals surface area (Å²) in [4.78, 5) is 0. The lowest BCUT2D eigenvalue weighted by atomic mass is 9.92. The number of fused-ring (bicyclic) bond motifs is 1. The summed E-state index contributed by atoms with van der Waals surface area (Å²) in [6.45, 7) is 2.20. The van der Waals surface area contributed by atoms with E-state index in [-0.39, 0.29) is 0 Å². The smallest absolute Gasteiger partial charge is 0.119 e. The number of aryl methyl sites for hydroxylation is 2. The molecular weight excluding hydrogens is 232 g/mol. The van der Waals surface area contributed by atoms with Crippen molar-refractivity contribution in [2.45, 2.75) is 32.1 Å². The van der Waals surface area contributed by atoms with Gasteiger partial charge in [-0.25, -0.2) is 0 Å². The van der Waals surface area contributed by atoms with Crippen LogP contribution in [0.4, 0.5) is 0 Å². The van der Waals surface area contributed by atoms with Crippen molar-refractivity contribution in [3.8, 4) is 5.75 Å². The van der Waals surface area contributed by atoms with E-state index in [9.17, 15) is 0 Å². The van der Waals surface area contributed by atoms with Gasteiger partial charge < -0.3 is 4.74 Å². The van der Waals surface area contributed by atoms with Gasteiger partial charge in [-0.3, -0.25) is 0 Å². The molecule has 1 aliphatic rings. The lowest BCUT2D eigenvalue weighted by Crippen LogP contribution is -1.96. The summed E-state index contributed by atoms with van der Waals surface area (Å²) < 4.78 is 5.31. The van der Waals surface area contributed by atoms with E-state index in [0.29, 0.717) is 5.92 Å². The fourth-order valence-electron chi connectivity index (χ4n) is 3.05. The van der Waals surface area contributed by atoms with Gasteiger partial charge in [0.05, 0.1) is 7.11 Å². The van der Waals surface area contributed by atoms with Crippen LogP contribution in [0.3, 0.4) is 0 Å². The first-order valence-electron chi connectivity index (χ1n) is 7.07. The highest BCUT2D eigenvalue weighted by atomic mass is 16.5. The number of hydrogen-bond acceptors (Lipinski definition) is 1. The molecule has 0 N–H and O–H groups in total. The molecule has 1 heteroatoms. The normalized spacial score (nSPS) is 17.3. The Balaban J connectivity index is 1.92. The van der Waals surface area contributed by atoms with E-state index in [1.807, 2.05) is 0 Å². The molecule has 1 nitrogen and oxygen atoms in total. The molecule has 0 radical (unpaired) electrons. The second kappa shape index (κ2) is 5.08. The van der Waals surface area contributed by atoms with E-state index >= 15 is 0 Å². The van der Waals surface area contributed by atoms with E-state index < -0.39 is 0 Å². The molecular formula is C18H20O. The fraction of sp³-hybridized carbons (Fsp3) is 0.333. The van der Waals surface area contributed by atoms with Gasteiger partial charge in [0.25, 0.3) is 0 Å². The average molecular weight is 252 g/mol. The van der Waals surface area contributed by atoms with Crippen molar-refractivity contribution in [2.24, 2.45) is 0 Å². The minimum absolute atomic E-state index is 0.562. The summed E-state index contributed by atoms with van der Waals surface area (Å²) in [7, 11) is 1.73. The molecule has 2 aromatic rings. The Hall–Kier alpha value is -1.76. The maximum Gasteiger partial charge on any atom is 0.119 e. The zero-order valence-corrected chi connectivity index (χ0v) is 11.6. The van der Waals surface area contributed by atoms with Crippen LogP contribution in [0.15, 0.2) is 42.5 Å². The topological polar surface area (TPSA) is 9.23 Å². The van der Waals surface area contributed by atoms with Crippen molar-refractivity contribution in [1.29, 1.82) is 0 Å². The highest BCUT2D eigenvalue weighted by Crippen LogP contribution is 2.39. The lowest BCUT2D eigenvalue weighted by Gasteiger charge is -2.13. The van der Waals surface area contributed by atoms with E-state index in [1.165, 1.54) is 28.7 Å². The summed E-state index contributed by atoms with van der Waals surface area (Å²) >= 11 is 0. The summed E-state index contributed by atoms with van der Waals surface area (Å²) in [5.41, 5.74) is 5.78. The average Bonchev–Trinajstić information content (AvgIpc) is 2.90. The summed E-state index contributed by atoms with van der Waals surface area (Å²) in [5.74, 6) is 1.53. The van der Waals surface area contributed by atoms with Gasteiger partial charge in [-0.2, -0.15) is 0 Å². The van der Waals surface area contributed by atoms with E-state index in [2.05, 4.69) is 49.4 Å². The third-order valence-electron chi connectivity index (χ3n) is 4.22. The maximum atomic E-state index is 5.31. The van der Waals surface area contributed by atoms with Crippen molar-refractivity contribution in [3.05, 3.63) is 64.7 Å². The first kappa shape index (κ1) is 12.3. The Morgan fingerprint density at radius 3 is 2.58 bits per heavy atom. The number of methoxy groups -OCH3 is 1. The van der Waals surface area contributed by atoms with Crippen LogP contribution in [0.2, 0.25) is 0 Å². The van der Waals surface area contributed by atoms with Crippen molar-refractivity contribution < 1.29 is 4.74 Å². The van der Waals surface area contributed by atoms with Crippen molar-refractivity contribution in [3.63, 3.8) is 0 Å². The van der Waals surface area contributed by atoms with Gasteiger partial charge in [0.15, 0.2) is 0 Å². The molecule has 0 saturated heterocycles. The van der Waals surface area contributed by atoms with Gasteiger partial charge in [-0.15, -0.1) is 0 Å². The summed E-state index contributed by atoms with van der Waals surface area (Å²) in [5, 5.41) is 0. The van der Waals surface area contributed by atoms with Crippen LogP contribution in [0.1, 0.15) is 41.5 Å². The van der Waals surface area contributed by atoms with Crippen molar-refractivity contribution in [2.75, 3.05) is 7.11 Å². The first-order valence-corrected chi connectivity index (χ1v) is 7.07. The molecule has 0 saturated carbocycles. The van der Waals surface area contributed by atoms with Crippen molar-refractivity contribution in [1.82, 2.24) is 0 Å². The van der Waals surface area contributed by atoms with Gasteiger partial charge in [0.2, 0.25) is 0 Å². The molecule has 19 heavy (non-hydrogen) atoms. The van der Waals surface area contributed by atoms with Gasteiger partial charge in [-0.05, 0) is 53.6 Å². The number of ether oxygens (including phenoxy) is 1. The molecule has 0 aromatic heterocycles. The molecule has 98 valence electrons. The van der Waals surface area contributed by atoms with Crippen LogP contribution >= 0.6 is 0 Å². The third kappa shape index (κ3) is 2.25. The van der Waals surface area contributed by atoms with Gasteiger partial charge in [-0.1, -0.05) is 37.3 Å². The lowest BCUT2D eigenvalue weighted by molar-refractivity contribution is 0.414. The monoisotopic (exact) mass is 252 g/mol. The van der Waals surface area contributed by atoms with Crippen LogP contribution < -0.4 is 4.74 Å². The standard InChI is InChI=1S/C18H20O/c1-3-13-4-6-14(7-5-13)17-10-8-15-12-16(19-2)9-11-18(15)17/h4-7,9,11-12,17H,3,8,10H2,1-2H3. The van der Waals surface area contributed by atoms with Crippen LogP contribution in [0.5, 0.6) is 5.75 Å². The van der Waals surface area contributed by atoms with Crippen LogP contribution in [0, 0.1) is 0 Å². The first-order chi connectivity index (χ1) is 9.31. The predicted molar refractivity (Wildman–Crippen MR) is 79.0 cm³/mol. The fourth-order valence-corrected chi connectivity index (χ4v) is 3.05. The van der Waals surface area contributed by atoms with Crippen LogP contribution in [-0.2, 0) is 12.8 Å². The molecule has 3 rings (SSSR count). The zero-order valence-electron chi connectivity index (χ0n) is 11.6. The molecule has 0 spiro atoms. The largest absolute Gasteiger partial charge is 0.497 e. The third-order valence-corrected chi connectivity index (χ3v) is 4.22. The Bertz CT molecular complexity index is 569. The molecule has 0 heterocycles. The molecule has 0 aliphatic heterocycles. The minimum Gasteiger partial charge on any atom is -0.497 e. The minimum atomic E-state index is 0.562. The van der Waals surface area contributed by atoms with Gasteiger partial charge >= 0.3 is 0 Å². The highest BCUT2D eigenvalue weighted by molar-refractivity contribution is 5.46. The molecule has 0 fully saturated rings. The second-order valence-electron chi connectivity index (χ2n) is 5.25. The van der Waals surface area contributed by atoms with E-state index in [0.717, 1.165) is 18.6 Å².